The molecule has 0 aliphatic carbocycles. The van der Waals surface area contributed by atoms with Gasteiger partial charge < -0.3 is 15.0 Å². The molecule has 14 heavy (non-hydrogen) atoms. The molecule has 5 nitrogen and oxygen atoms in total. The first-order valence-electron chi connectivity index (χ1n) is 4.66. The number of nitrogens with one attached hydrogen (secondary N) is 2. The van der Waals surface area contributed by atoms with Crippen LogP contribution in [0.25, 0.3) is 0 Å². The van der Waals surface area contributed by atoms with Crippen molar-refractivity contribution in [1.82, 2.24) is 15.3 Å². The topological polar surface area (TPSA) is 67.0 Å². The quantitative estimate of drug-likeness (QED) is 0.513. The highest BCUT2D eigenvalue weighted by Gasteiger charge is 2.00. The summed E-state index contributed by atoms with van der Waals surface area (Å²) in [6, 6.07) is 0. The largest absolute Gasteiger partial charge is 0.466 e. The highest BCUT2D eigenvalue weighted by molar-refractivity contribution is 5.69. The van der Waals surface area contributed by atoms with Crippen LogP contribution in [-0.4, -0.2) is 29.1 Å². The second-order valence-electron chi connectivity index (χ2n) is 2.81. The van der Waals surface area contributed by atoms with Gasteiger partial charge in [-0.1, -0.05) is 0 Å². The molecule has 0 saturated heterocycles. The van der Waals surface area contributed by atoms with E-state index in [1.807, 2.05) is 0 Å². The molecule has 0 aliphatic heterocycles. The van der Waals surface area contributed by atoms with Crippen LogP contribution in [0.15, 0.2) is 12.5 Å². The molecule has 5 heteroatoms. The van der Waals surface area contributed by atoms with E-state index >= 15 is 0 Å². The summed E-state index contributed by atoms with van der Waals surface area (Å²) >= 11 is 0. The van der Waals surface area contributed by atoms with Gasteiger partial charge in [0, 0.05) is 25.0 Å². The number of carbonyl (C=O) groups excluding carboxylic acids is 1. The standard InChI is InChI=1S/C9H15N3O2/c1-2-14-9(13)3-4-10-5-8-6-11-7-12-8/h6-7,10H,2-5H2,1H3,(H,11,12). The first kappa shape index (κ1) is 10.7. The van der Waals surface area contributed by atoms with E-state index < -0.39 is 0 Å². The lowest BCUT2D eigenvalue weighted by Gasteiger charge is -2.02. The lowest BCUT2D eigenvalue weighted by Crippen LogP contribution is -2.19. The Morgan fingerprint density at radius 2 is 2.57 bits per heavy atom. The van der Waals surface area contributed by atoms with Crippen LogP contribution >= 0.6 is 0 Å². The van der Waals surface area contributed by atoms with E-state index in [9.17, 15) is 4.79 Å². The molecule has 0 saturated carbocycles. The number of aromatic nitrogens is 2. The highest BCUT2D eigenvalue weighted by Crippen LogP contribution is 1.90. The number of hydrogen-bond donors (Lipinski definition) is 2. The van der Waals surface area contributed by atoms with Crippen LogP contribution in [0.1, 0.15) is 19.0 Å². The fourth-order valence-corrected chi connectivity index (χ4v) is 1.03. The maximum atomic E-state index is 10.9. The monoisotopic (exact) mass is 197 g/mol. The maximum Gasteiger partial charge on any atom is 0.307 e. The number of H-pyrrole nitrogens is 1. The van der Waals surface area contributed by atoms with Crippen molar-refractivity contribution in [2.75, 3.05) is 13.2 Å². The Balaban J connectivity index is 2.02. The smallest absolute Gasteiger partial charge is 0.307 e. The van der Waals surface area contributed by atoms with Gasteiger partial charge in [0.15, 0.2) is 0 Å². The van der Waals surface area contributed by atoms with Crippen LogP contribution in [0.5, 0.6) is 0 Å². The molecule has 0 atom stereocenters. The van der Waals surface area contributed by atoms with Crippen molar-refractivity contribution in [2.45, 2.75) is 19.9 Å². The van der Waals surface area contributed by atoms with Crippen molar-refractivity contribution in [2.24, 2.45) is 0 Å². The molecule has 78 valence electrons. The van der Waals surface area contributed by atoms with Gasteiger partial charge in [-0.15, -0.1) is 0 Å². The van der Waals surface area contributed by atoms with Crippen LogP contribution < -0.4 is 5.32 Å². The van der Waals surface area contributed by atoms with Gasteiger partial charge >= 0.3 is 5.97 Å². The van der Waals surface area contributed by atoms with Crippen LogP contribution in [0.3, 0.4) is 0 Å². The second-order valence-corrected chi connectivity index (χ2v) is 2.81. The summed E-state index contributed by atoms with van der Waals surface area (Å²) in [6.07, 6.45) is 3.78. The molecule has 0 radical (unpaired) electrons. The number of imidazole rings is 1. The molecule has 2 N–H and O–H groups in total. The Morgan fingerprint density at radius 1 is 1.71 bits per heavy atom. The van der Waals surface area contributed by atoms with Gasteiger partial charge in [0.1, 0.15) is 0 Å². The summed E-state index contributed by atoms with van der Waals surface area (Å²) in [4.78, 5) is 17.8. The Kier molecular flexibility index (Phi) is 4.71. The number of hydrogen-bond acceptors (Lipinski definition) is 4. The lowest BCUT2D eigenvalue weighted by molar-refractivity contribution is -0.142. The van der Waals surface area contributed by atoms with E-state index in [2.05, 4.69) is 15.3 Å². The van der Waals surface area contributed by atoms with Crippen molar-refractivity contribution in [3.63, 3.8) is 0 Å². The van der Waals surface area contributed by atoms with Crippen LogP contribution in [-0.2, 0) is 16.1 Å². The number of nitrogens with zero attached hydrogens (tertiary/aromatic N) is 1. The van der Waals surface area contributed by atoms with E-state index in [4.69, 9.17) is 4.74 Å². The summed E-state index contributed by atoms with van der Waals surface area (Å²) in [6.45, 7) is 3.56. The average Bonchev–Trinajstić information content (AvgIpc) is 2.65. The van der Waals surface area contributed by atoms with Gasteiger partial charge in [0.25, 0.3) is 0 Å². The molecule has 0 unspecified atom stereocenters. The summed E-state index contributed by atoms with van der Waals surface area (Å²) < 4.78 is 4.78. The minimum absolute atomic E-state index is 0.162. The second kappa shape index (κ2) is 6.15. The van der Waals surface area contributed by atoms with Crippen LogP contribution in [0.4, 0.5) is 0 Å². The number of rotatable bonds is 6. The molecule has 0 aliphatic rings. The number of esters is 1. The molecule has 1 rings (SSSR count). The minimum atomic E-state index is -0.162. The third-order valence-corrected chi connectivity index (χ3v) is 1.68. The van der Waals surface area contributed by atoms with Crippen LogP contribution in [0, 0.1) is 0 Å². The van der Waals surface area contributed by atoms with Crippen LogP contribution in [0.2, 0.25) is 0 Å². The molecule has 1 heterocycles. The van der Waals surface area contributed by atoms with E-state index in [1.54, 1.807) is 19.4 Å². The van der Waals surface area contributed by atoms with E-state index in [1.165, 1.54) is 0 Å². The third-order valence-electron chi connectivity index (χ3n) is 1.68. The first-order chi connectivity index (χ1) is 6.83. The zero-order chi connectivity index (χ0) is 10.2. The molecule has 0 amide bonds. The Bertz CT molecular complexity index is 259. The summed E-state index contributed by atoms with van der Waals surface area (Å²) in [5.41, 5.74) is 1.01. The molecule has 0 aromatic carbocycles. The maximum absolute atomic E-state index is 10.9. The fourth-order valence-electron chi connectivity index (χ4n) is 1.03. The number of carbonyl (C=O) groups is 1. The number of aromatic amines is 1. The van der Waals surface area contributed by atoms with Gasteiger partial charge in [-0.3, -0.25) is 4.79 Å². The van der Waals surface area contributed by atoms with Crippen molar-refractivity contribution < 1.29 is 9.53 Å². The van der Waals surface area contributed by atoms with E-state index in [0.29, 0.717) is 26.1 Å². The van der Waals surface area contributed by atoms with E-state index in [-0.39, 0.29) is 5.97 Å². The Hall–Kier alpha value is -1.36. The normalized spacial score (nSPS) is 10.1. The van der Waals surface area contributed by atoms with Gasteiger partial charge in [-0.25, -0.2) is 4.98 Å². The summed E-state index contributed by atoms with van der Waals surface area (Å²) in [5, 5.41) is 3.11. The predicted molar refractivity (Wildman–Crippen MR) is 51.5 cm³/mol. The molecule has 1 aromatic rings. The van der Waals surface area contributed by atoms with Crippen molar-refractivity contribution in [3.05, 3.63) is 18.2 Å². The first-order valence-corrected chi connectivity index (χ1v) is 4.66. The third kappa shape index (κ3) is 4.04. The molecular formula is C9H15N3O2. The zero-order valence-electron chi connectivity index (χ0n) is 8.25. The van der Waals surface area contributed by atoms with Crippen molar-refractivity contribution in [1.29, 1.82) is 0 Å². The Labute approximate surface area is 82.9 Å². The van der Waals surface area contributed by atoms with Crippen molar-refractivity contribution in [3.8, 4) is 0 Å². The minimum Gasteiger partial charge on any atom is -0.466 e. The highest BCUT2D eigenvalue weighted by atomic mass is 16.5. The van der Waals surface area contributed by atoms with Crippen molar-refractivity contribution >= 4 is 5.97 Å². The molecule has 0 spiro atoms. The lowest BCUT2D eigenvalue weighted by atomic mass is 10.4. The molecule has 1 aromatic heterocycles. The predicted octanol–water partition coefficient (Wildman–Crippen LogP) is 0.452. The summed E-state index contributed by atoms with van der Waals surface area (Å²) in [5.74, 6) is -0.162. The molecule has 0 bridgehead atoms. The Morgan fingerprint density at radius 3 is 3.21 bits per heavy atom. The number of ether oxygens (including phenoxy) is 1. The molecule has 0 fully saturated rings. The fraction of sp³-hybridized carbons (Fsp3) is 0.556. The van der Waals surface area contributed by atoms with Gasteiger partial charge in [0.05, 0.1) is 19.4 Å². The van der Waals surface area contributed by atoms with Gasteiger partial charge in [0.2, 0.25) is 0 Å². The summed E-state index contributed by atoms with van der Waals surface area (Å²) in [7, 11) is 0. The van der Waals surface area contributed by atoms with Gasteiger partial charge in [-0.05, 0) is 6.92 Å². The molecular weight excluding hydrogens is 182 g/mol. The van der Waals surface area contributed by atoms with E-state index in [0.717, 1.165) is 5.69 Å². The zero-order valence-corrected chi connectivity index (χ0v) is 8.25. The SMILES string of the molecule is CCOC(=O)CCNCc1cnc[nH]1. The van der Waals surface area contributed by atoms with Gasteiger partial charge in [-0.2, -0.15) is 0 Å². The average molecular weight is 197 g/mol.